The minimum Gasteiger partial charge on any atom is -0.508 e. The number of para-hydroxylation sites is 1. The van der Waals surface area contributed by atoms with Crippen LogP contribution < -0.4 is 15.4 Å². The molecule has 1 aliphatic carbocycles. The first-order valence-corrected chi connectivity index (χ1v) is 9.25. The van der Waals surface area contributed by atoms with Gasteiger partial charge in [-0.25, -0.2) is 4.99 Å². The highest BCUT2D eigenvalue weighted by Gasteiger charge is 2.22. The van der Waals surface area contributed by atoms with Crippen LogP contribution in [0.3, 0.4) is 0 Å². The van der Waals surface area contributed by atoms with E-state index in [0.717, 1.165) is 41.9 Å². The van der Waals surface area contributed by atoms with Gasteiger partial charge < -0.3 is 20.5 Å². The SMILES string of the molecule is CCNC(=NCc1ccc(O)cc1)NCc1ccccc1OCC1CC1. The Morgan fingerprint density at radius 1 is 1.12 bits per heavy atom. The van der Waals surface area contributed by atoms with E-state index in [1.807, 2.05) is 37.3 Å². The second-order valence-electron chi connectivity index (χ2n) is 6.58. The highest BCUT2D eigenvalue weighted by Crippen LogP contribution is 2.30. The number of ether oxygens (including phenoxy) is 1. The summed E-state index contributed by atoms with van der Waals surface area (Å²) in [5.41, 5.74) is 2.18. The maximum absolute atomic E-state index is 9.36. The van der Waals surface area contributed by atoms with Crippen molar-refractivity contribution in [2.24, 2.45) is 10.9 Å². The monoisotopic (exact) mass is 353 g/mol. The van der Waals surface area contributed by atoms with Crippen molar-refractivity contribution < 1.29 is 9.84 Å². The molecule has 0 atom stereocenters. The molecule has 5 heteroatoms. The van der Waals surface area contributed by atoms with Crippen molar-refractivity contribution in [1.29, 1.82) is 0 Å². The van der Waals surface area contributed by atoms with Gasteiger partial charge in [0.05, 0.1) is 13.2 Å². The van der Waals surface area contributed by atoms with E-state index in [4.69, 9.17) is 4.74 Å². The van der Waals surface area contributed by atoms with E-state index in [1.54, 1.807) is 12.1 Å². The van der Waals surface area contributed by atoms with Crippen LogP contribution in [0.5, 0.6) is 11.5 Å². The van der Waals surface area contributed by atoms with Gasteiger partial charge in [0.2, 0.25) is 0 Å². The van der Waals surface area contributed by atoms with Crippen molar-refractivity contribution in [3.05, 3.63) is 59.7 Å². The number of phenols is 1. The van der Waals surface area contributed by atoms with Crippen LogP contribution in [0.4, 0.5) is 0 Å². The maximum Gasteiger partial charge on any atom is 0.191 e. The van der Waals surface area contributed by atoms with E-state index in [-0.39, 0.29) is 5.75 Å². The van der Waals surface area contributed by atoms with Crippen molar-refractivity contribution >= 4 is 5.96 Å². The molecule has 0 saturated heterocycles. The number of aliphatic imine (C=N–C) groups is 1. The molecule has 0 aliphatic heterocycles. The first-order valence-electron chi connectivity index (χ1n) is 9.25. The Hall–Kier alpha value is -2.69. The fraction of sp³-hybridized carbons (Fsp3) is 0.381. The number of aromatic hydroxyl groups is 1. The summed E-state index contributed by atoms with van der Waals surface area (Å²) < 4.78 is 5.97. The summed E-state index contributed by atoms with van der Waals surface area (Å²) >= 11 is 0. The summed E-state index contributed by atoms with van der Waals surface area (Å²) in [4.78, 5) is 4.61. The number of rotatable bonds is 8. The van der Waals surface area contributed by atoms with Gasteiger partial charge in [0.25, 0.3) is 0 Å². The average Bonchev–Trinajstić information content (AvgIpc) is 3.49. The minimum atomic E-state index is 0.269. The lowest BCUT2D eigenvalue weighted by Gasteiger charge is -2.14. The predicted octanol–water partition coefficient (Wildman–Crippen LogP) is 3.44. The van der Waals surface area contributed by atoms with Crippen LogP contribution in [0.2, 0.25) is 0 Å². The Labute approximate surface area is 155 Å². The quantitative estimate of drug-likeness (QED) is 0.502. The standard InChI is InChI=1S/C21H27N3O2/c1-2-22-21(23-13-16-9-11-19(25)12-10-16)24-14-18-5-3-4-6-20(18)26-15-17-7-8-17/h3-6,9-12,17,25H,2,7-8,13-15H2,1H3,(H2,22,23,24). The molecule has 5 nitrogen and oxygen atoms in total. The first kappa shape index (κ1) is 18.1. The molecule has 0 aromatic heterocycles. The lowest BCUT2D eigenvalue weighted by Crippen LogP contribution is -2.36. The van der Waals surface area contributed by atoms with Gasteiger partial charge in [-0.3, -0.25) is 0 Å². The topological polar surface area (TPSA) is 65.9 Å². The number of guanidine groups is 1. The lowest BCUT2D eigenvalue weighted by atomic mass is 10.2. The van der Waals surface area contributed by atoms with Crippen molar-refractivity contribution in [3.8, 4) is 11.5 Å². The molecule has 0 spiro atoms. The normalized spacial score (nSPS) is 14.1. The molecule has 3 rings (SSSR count). The van der Waals surface area contributed by atoms with E-state index >= 15 is 0 Å². The third-order valence-electron chi connectivity index (χ3n) is 4.29. The molecule has 138 valence electrons. The number of nitrogens with zero attached hydrogens (tertiary/aromatic N) is 1. The van der Waals surface area contributed by atoms with E-state index in [1.165, 1.54) is 12.8 Å². The van der Waals surface area contributed by atoms with E-state index in [2.05, 4.69) is 21.7 Å². The third kappa shape index (κ3) is 5.69. The number of hydrogen-bond acceptors (Lipinski definition) is 3. The Balaban J connectivity index is 1.59. The summed E-state index contributed by atoms with van der Waals surface area (Å²) in [6.45, 7) is 4.86. The van der Waals surface area contributed by atoms with Crippen LogP contribution in [-0.4, -0.2) is 24.2 Å². The summed E-state index contributed by atoms with van der Waals surface area (Å²) in [6, 6.07) is 15.3. The fourth-order valence-corrected chi connectivity index (χ4v) is 2.58. The summed E-state index contributed by atoms with van der Waals surface area (Å²) in [6.07, 6.45) is 2.57. The molecule has 0 unspecified atom stereocenters. The van der Waals surface area contributed by atoms with Crippen LogP contribution in [0, 0.1) is 5.92 Å². The van der Waals surface area contributed by atoms with Gasteiger partial charge in [0.1, 0.15) is 11.5 Å². The van der Waals surface area contributed by atoms with Gasteiger partial charge in [0.15, 0.2) is 5.96 Å². The van der Waals surface area contributed by atoms with Gasteiger partial charge in [-0.2, -0.15) is 0 Å². The van der Waals surface area contributed by atoms with Crippen LogP contribution >= 0.6 is 0 Å². The number of benzene rings is 2. The zero-order valence-electron chi connectivity index (χ0n) is 15.2. The zero-order chi connectivity index (χ0) is 18.2. The van der Waals surface area contributed by atoms with Crippen LogP contribution in [0.1, 0.15) is 30.9 Å². The fourth-order valence-electron chi connectivity index (χ4n) is 2.58. The Kier molecular flexibility index (Phi) is 6.36. The molecule has 0 bridgehead atoms. The van der Waals surface area contributed by atoms with Crippen LogP contribution in [-0.2, 0) is 13.1 Å². The van der Waals surface area contributed by atoms with E-state index in [0.29, 0.717) is 13.1 Å². The number of hydrogen-bond donors (Lipinski definition) is 3. The van der Waals surface area contributed by atoms with E-state index < -0.39 is 0 Å². The molecule has 2 aromatic carbocycles. The first-order chi connectivity index (χ1) is 12.7. The number of nitrogens with one attached hydrogen (secondary N) is 2. The maximum atomic E-state index is 9.36. The van der Waals surface area contributed by atoms with Crippen molar-refractivity contribution in [2.75, 3.05) is 13.2 Å². The molecular weight excluding hydrogens is 326 g/mol. The molecule has 3 N–H and O–H groups in total. The smallest absolute Gasteiger partial charge is 0.191 e. The molecule has 1 fully saturated rings. The Morgan fingerprint density at radius 2 is 1.88 bits per heavy atom. The number of phenolic OH excluding ortho intramolecular Hbond substituents is 1. The predicted molar refractivity (Wildman–Crippen MR) is 104 cm³/mol. The molecule has 0 heterocycles. The van der Waals surface area contributed by atoms with Gasteiger partial charge in [-0.15, -0.1) is 0 Å². The molecule has 2 aromatic rings. The Bertz CT molecular complexity index is 724. The van der Waals surface area contributed by atoms with Crippen molar-refractivity contribution in [3.63, 3.8) is 0 Å². The molecular formula is C21H27N3O2. The molecule has 0 amide bonds. The van der Waals surface area contributed by atoms with Gasteiger partial charge in [-0.1, -0.05) is 30.3 Å². The van der Waals surface area contributed by atoms with Crippen molar-refractivity contribution in [2.45, 2.75) is 32.9 Å². The summed E-state index contributed by atoms with van der Waals surface area (Å²) in [7, 11) is 0. The molecule has 26 heavy (non-hydrogen) atoms. The second kappa shape index (κ2) is 9.13. The molecule has 1 saturated carbocycles. The largest absolute Gasteiger partial charge is 0.508 e. The van der Waals surface area contributed by atoms with Gasteiger partial charge in [0, 0.05) is 18.7 Å². The van der Waals surface area contributed by atoms with Gasteiger partial charge in [-0.05, 0) is 49.4 Å². The van der Waals surface area contributed by atoms with Gasteiger partial charge >= 0.3 is 0 Å². The highest BCUT2D eigenvalue weighted by atomic mass is 16.5. The summed E-state index contributed by atoms with van der Waals surface area (Å²) in [5, 5.41) is 16.0. The minimum absolute atomic E-state index is 0.269. The molecule has 1 aliphatic rings. The van der Waals surface area contributed by atoms with Crippen molar-refractivity contribution in [1.82, 2.24) is 10.6 Å². The average molecular weight is 353 g/mol. The Morgan fingerprint density at radius 3 is 2.62 bits per heavy atom. The van der Waals surface area contributed by atoms with Crippen LogP contribution in [0.15, 0.2) is 53.5 Å². The van der Waals surface area contributed by atoms with Crippen LogP contribution in [0.25, 0.3) is 0 Å². The third-order valence-corrected chi connectivity index (χ3v) is 4.29. The summed E-state index contributed by atoms with van der Waals surface area (Å²) in [5.74, 6) is 2.71. The zero-order valence-corrected chi connectivity index (χ0v) is 15.2. The lowest BCUT2D eigenvalue weighted by molar-refractivity contribution is 0.296. The van der Waals surface area contributed by atoms with E-state index in [9.17, 15) is 5.11 Å². The highest BCUT2D eigenvalue weighted by molar-refractivity contribution is 5.79. The molecule has 0 radical (unpaired) electrons. The second-order valence-corrected chi connectivity index (χ2v) is 6.58.